The summed E-state index contributed by atoms with van der Waals surface area (Å²) in [5.41, 5.74) is 24.3. The Morgan fingerprint density at radius 3 is 1.73 bits per heavy atom. The summed E-state index contributed by atoms with van der Waals surface area (Å²) in [5.74, 6) is 0. The number of rotatable bonds is 8. The van der Waals surface area contributed by atoms with Crippen LogP contribution in [0.2, 0.25) is 0 Å². The highest BCUT2D eigenvalue weighted by Crippen LogP contribution is 2.62. The van der Waals surface area contributed by atoms with E-state index < -0.39 is 0 Å². The molecule has 2 nitrogen and oxygen atoms in total. The second kappa shape index (κ2) is 13.7. The van der Waals surface area contributed by atoms with Gasteiger partial charge in [-0.3, -0.25) is 0 Å². The first-order chi connectivity index (χ1) is 30.8. The van der Waals surface area contributed by atoms with E-state index in [2.05, 4.69) is 204 Å². The maximum Gasteiger partial charge on any atom is 0.143 e. The fourth-order valence-electron chi connectivity index (χ4n) is 12.7. The van der Waals surface area contributed by atoms with Crippen LogP contribution < -0.4 is 4.90 Å². The molecule has 0 atom stereocenters. The Kier molecular flexibility index (Phi) is 8.27. The zero-order valence-electron chi connectivity index (χ0n) is 37.3. The van der Waals surface area contributed by atoms with Gasteiger partial charge in [-0.05, 0) is 141 Å². The lowest BCUT2D eigenvalue weighted by atomic mass is 9.71. The van der Waals surface area contributed by atoms with Crippen LogP contribution in [-0.4, -0.2) is 0 Å². The van der Waals surface area contributed by atoms with Crippen LogP contribution in [0.15, 0.2) is 168 Å². The van der Waals surface area contributed by atoms with Crippen molar-refractivity contribution in [3.8, 4) is 44.5 Å². The number of benzene rings is 8. The number of anilines is 3. The summed E-state index contributed by atoms with van der Waals surface area (Å²) in [5, 5.41) is 2.30. The minimum absolute atomic E-state index is 0.0153. The Hall–Kier alpha value is -6.64. The maximum atomic E-state index is 6.54. The molecule has 3 aliphatic rings. The lowest BCUT2D eigenvalue weighted by Crippen LogP contribution is -2.24. The molecule has 0 saturated carbocycles. The van der Waals surface area contributed by atoms with Crippen molar-refractivity contribution in [2.24, 2.45) is 0 Å². The number of fused-ring (bicyclic) bond motifs is 12. The van der Waals surface area contributed by atoms with E-state index in [0.717, 1.165) is 64.4 Å². The summed E-state index contributed by atoms with van der Waals surface area (Å²) in [6.07, 6.45) is 4.21. The van der Waals surface area contributed by atoms with Gasteiger partial charge in [-0.25, -0.2) is 0 Å². The number of hydrogen-bond donors (Lipinski definition) is 0. The molecule has 0 amide bonds. The normalized spacial score (nSPS) is 15.5. The summed E-state index contributed by atoms with van der Waals surface area (Å²) in [6.45, 7) is 14.4. The molecule has 3 aliphatic carbocycles. The van der Waals surface area contributed by atoms with Gasteiger partial charge in [-0.1, -0.05) is 157 Å². The van der Waals surface area contributed by atoms with Crippen molar-refractivity contribution in [3.05, 3.63) is 197 Å². The van der Waals surface area contributed by atoms with Crippen molar-refractivity contribution in [2.45, 2.75) is 83.5 Å². The van der Waals surface area contributed by atoms with Crippen LogP contribution in [-0.2, 0) is 16.2 Å². The number of nitrogens with zero attached hydrogens (tertiary/aromatic N) is 1. The van der Waals surface area contributed by atoms with Gasteiger partial charge >= 0.3 is 0 Å². The Bertz CT molecular complexity index is 3310. The molecule has 0 unspecified atom stereocenters. The van der Waals surface area contributed by atoms with Crippen LogP contribution in [0.4, 0.5) is 17.1 Å². The van der Waals surface area contributed by atoms with Crippen molar-refractivity contribution in [1.82, 2.24) is 0 Å². The zero-order chi connectivity index (χ0) is 42.8. The standard InChI is InChI=1S/C61H53NO/c1-7-60(8-2)50-25-15-12-20-43(50)47-36-54-48(37-53(47)60)57-51(61(54,9-3)10-4)26-18-27-55(57)62(40-33-34-44-42-19-11-14-24-49(42)59(5,6)52(44)35-40)39-31-29-38(30-32-39)41-22-17-23-46-45-21-13-16-28-56(45)63-58(41)46/h11-37H,7-10H2,1-6H3. The third kappa shape index (κ3) is 5.01. The van der Waals surface area contributed by atoms with Crippen LogP contribution in [0.25, 0.3) is 66.4 Å². The van der Waals surface area contributed by atoms with Crippen LogP contribution in [0.5, 0.6) is 0 Å². The first kappa shape index (κ1) is 38.1. The average molecular weight is 816 g/mol. The van der Waals surface area contributed by atoms with E-state index in [1.165, 1.54) is 78.1 Å². The number of para-hydroxylation sites is 2. The minimum Gasteiger partial charge on any atom is -0.455 e. The lowest BCUT2D eigenvalue weighted by Gasteiger charge is -2.32. The molecule has 63 heavy (non-hydrogen) atoms. The topological polar surface area (TPSA) is 16.4 Å². The molecule has 0 saturated heterocycles. The summed E-state index contributed by atoms with van der Waals surface area (Å²) in [6, 6.07) is 62.0. The third-order valence-electron chi connectivity index (χ3n) is 16.1. The molecule has 12 rings (SSSR count). The second-order valence-corrected chi connectivity index (χ2v) is 18.8. The molecule has 308 valence electrons. The zero-order valence-corrected chi connectivity index (χ0v) is 37.3. The predicted molar refractivity (Wildman–Crippen MR) is 265 cm³/mol. The molecule has 2 heteroatoms. The molecule has 0 radical (unpaired) electrons. The summed E-state index contributed by atoms with van der Waals surface area (Å²) in [7, 11) is 0. The molecule has 0 aliphatic heterocycles. The van der Waals surface area contributed by atoms with Crippen LogP contribution in [0.3, 0.4) is 0 Å². The van der Waals surface area contributed by atoms with Crippen molar-refractivity contribution < 1.29 is 4.42 Å². The van der Waals surface area contributed by atoms with E-state index in [1.54, 1.807) is 0 Å². The second-order valence-electron chi connectivity index (χ2n) is 18.8. The van der Waals surface area contributed by atoms with Gasteiger partial charge in [-0.2, -0.15) is 0 Å². The molecular formula is C61H53NO. The quantitative estimate of drug-likeness (QED) is 0.152. The van der Waals surface area contributed by atoms with Crippen LogP contribution in [0.1, 0.15) is 101 Å². The highest BCUT2D eigenvalue weighted by Gasteiger charge is 2.47. The predicted octanol–water partition coefficient (Wildman–Crippen LogP) is 17.2. The van der Waals surface area contributed by atoms with E-state index in [4.69, 9.17) is 4.42 Å². The fourth-order valence-corrected chi connectivity index (χ4v) is 12.7. The average Bonchev–Trinajstić information content (AvgIpc) is 4.01. The third-order valence-corrected chi connectivity index (χ3v) is 16.1. The molecule has 0 bridgehead atoms. The van der Waals surface area contributed by atoms with Gasteiger partial charge in [-0.15, -0.1) is 0 Å². The van der Waals surface area contributed by atoms with Crippen LogP contribution in [0, 0.1) is 0 Å². The molecule has 0 spiro atoms. The Labute approximate surface area is 371 Å². The van der Waals surface area contributed by atoms with E-state index in [1.807, 2.05) is 6.07 Å². The van der Waals surface area contributed by atoms with Gasteiger partial charge in [0.25, 0.3) is 0 Å². The molecule has 0 fully saturated rings. The largest absolute Gasteiger partial charge is 0.455 e. The smallest absolute Gasteiger partial charge is 0.143 e. The van der Waals surface area contributed by atoms with Gasteiger partial charge < -0.3 is 9.32 Å². The number of hydrogen-bond acceptors (Lipinski definition) is 2. The first-order valence-electron chi connectivity index (χ1n) is 23.3. The maximum absolute atomic E-state index is 6.54. The SMILES string of the molecule is CCC1(CC)c2ccccc2-c2cc3c(cc21)-c1c(N(c2ccc(-c4cccc5c4oc4ccccc45)cc2)c2ccc4c(c2)C(C)(C)c2ccccc2-4)cccc1C3(CC)CC. The summed E-state index contributed by atoms with van der Waals surface area (Å²) >= 11 is 0. The Morgan fingerprint density at radius 2 is 0.968 bits per heavy atom. The van der Waals surface area contributed by atoms with Crippen molar-refractivity contribution in [1.29, 1.82) is 0 Å². The molecule has 1 aromatic heterocycles. The molecule has 8 aromatic carbocycles. The van der Waals surface area contributed by atoms with Gasteiger partial charge in [0.05, 0.1) is 5.69 Å². The van der Waals surface area contributed by atoms with E-state index in [-0.39, 0.29) is 16.2 Å². The first-order valence-corrected chi connectivity index (χ1v) is 23.3. The minimum atomic E-state index is -0.132. The summed E-state index contributed by atoms with van der Waals surface area (Å²) in [4.78, 5) is 2.56. The lowest BCUT2D eigenvalue weighted by molar-refractivity contribution is 0.485. The van der Waals surface area contributed by atoms with Crippen molar-refractivity contribution >= 4 is 39.0 Å². The molecule has 1 heterocycles. The van der Waals surface area contributed by atoms with E-state index in [0.29, 0.717) is 0 Å². The van der Waals surface area contributed by atoms with Gasteiger partial charge in [0.1, 0.15) is 11.2 Å². The van der Waals surface area contributed by atoms with Crippen LogP contribution >= 0.6 is 0 Å². The highest BCUT2D eigenvalue weighted by molar-refractivity contribution is 6.09. The van der Waals surface area contributed by atoms with Gasteiger partial charge in [0.15, 0.2) is 0 Å². The molecule has 9 aromatic rings. The van der Waals surface area contributed by atoms with E-state index >= 15 is 0 Å². The Balaban J connectivity index is 1.09. The molecular weight excluding hydrogens is 763 g/mol. The Morgan fingerprint density at radius 1 is 0.413 bits per heavy atom. The summed E-state index contributed by atoms with van der Waals surface area (Å²) < 4.78 is 6.54. The monoisotopic (exact) mass is 815 g/mol. The molecule has 0 N–H and O–H groups in total. The fraction of sp³-hybridized carbons (Fsp3) is 0.213. The highest BCUT2D eigenvalue weighted by atomic mass is 16.3. The van der Waals surface area contributed by atoms with Crippen molar-refractivity contribution in [2.75, 3.05) is 4.90 Å². The van der Waals surface area contributed by atoms with E-state index in [9.17, 15) is 0 Å². The number of furan rings is 1. The van der Waals surface area contributed by atoms with Crippen molar-refractivity contribution in [3.63, 3.8) is 0 Å². The van der Waals surface area contributed by atoms with Gasteiger partial charge in [0.2, 0.25) is 0 Å². The van der Waals surface area contributed by atoms with Gasteiger partial charge in [0, 0.05) is 49.5 Å².